The summed E-state index contributed by atoms with van der Waals surface area (Å²) in [5, 5.41) is 18.5. The minimum Gasteiger partial charge on any atom is -0.504 e. The molecule has 0 fully saturated rings. The lowest BCUT2D eigenvalue weighted by Crippen LogP contribution is -2.31. The van der Waals surface area contributed by atoms with E-state index in [1.165, 1.54) is 7.11 Å². The highest BCUT2D eigenvalue weighted by Gasteiger charge is 2.15. The Balaban J connectivity index is 2.73. The van der Waals surface area contributed by atoms with E-state index in [9.17, 15) is 9.90 Å². The molecular formula is C14H21NO4. The molecule has 1 aromatic rings. The molecule has 0 heterocycles. The number of methoxy groups -OCH3 is 1. The van der Waals surface area contributed by atoms with Gasteiger partial charge in [0.15, 0.2) is 11.5 Å². The van der Waals surface area contributed by atoms with Crippen LogP contribution in [0.1, 0.15) is 19.4 Å². The summed E-state index contributed by atoms with van der Waals surface area (Å²) in [6.45, 7) is 5.58. The van der Waals surface area contributed by atoms with Crippen LogP contribution in [0.4, 0.5) is 0 Å². The number of phenolic OH excluding ortho intramolecular Hbond substituents is 1. The maximum Gasteiger partial charge on any atom is 0.307 e. The van der Waals surface area contributed by atoms with E-state index in [-0.39, 0.29) is 5.75 Å². The Kier molecular flexibility index (Phi) is 5.63. The number of aromatic hydroxyl groups is 1. The van der Waals surface area contributed by atoms with E-state index < -0.39 is 11.9 Å². The molecule has 0 saturated heterocycles. The lowest BCUT2D eigenvalue weighted by molar-refractivity contribution is -0.141. The fraction of sp³-hybridized carbons (Fsp3) is 0.500. The van der Waals surface area contributed by atoms with E-state index in [0.717, 1.165) is 12.1 Å². The topological polar surface area (TPSA) is 70.0 Å². The summed E-state index contributed by atoms with van der Waals surface area (Å²) in [6, 6.07) is 5.16. The summed E-state index contributed by atoms with van der Waals surface area (Å²) in [6.07, 6.45) is 0. The van der Waals surface area contributed by atoms with Crippen molar-refractivity contribution in [1.29, 1.82) is 0 Å². The van der Waals surface area contributed by atoms with Gasteiger partial charge in [0, 0.05) is 13.1 Å². The molecule has 0 amide bonds. The molecule has 0 aliphatic heterocycles. The SMILES string of the molecule is CCN(Cc1ccc(O)c(OC)c1)CC(C)C(=O)O. The molecule has 0 bridgehead atoms. The Bertz CT molecular complexity index is 433. The first kappa shape index (κ1) is 15.3. The van der Waals surface area contributed by atoms with Crippen LogP contribution in [-0.4, -0.2) is 41.3 Å². The third-order valence-corrected chi connectivity index (χ3v) is 3.05. The number of carboxylic acid groups (broad SMARTS) is 1. The summed E-state index contributed by atoms with van der Waals surface area (Å²) in [7, 11) is 1.50. The second kappa shape index (κ2) is 6.99. The van der Waals surface area contributed by atoms with E-state index in [2.05, 4.69) is 0 Å². The normalized spacial score (nSPS) is 12.4. The maximum atomic E-state index is 10.9. The molecule has 0 aliphatic rings. The van der Waals surface area contributed by atoms with Gasteiger partial charge in [-0.05, 0) is 24.2 Å². The van der Waals surface area contributed by atoms with E-state index in [0.29, 0.717) is 18.8 Å². The third kappa shape index (κ3) is 4.44. The number of carbonyl (C=O) groups is 1. The van der Waals surface area contributed by atoms with Crippen molar-refractivity contribution in [1.82, 2.24) is 4.90 Å². The Labute approximate surface area is 113 Å². The molecule has 5 nitrogen and oxygen atoms in total. The van der Waals surface area contributed by atoms with Crippen LogP contribution in [0.15, 0.2) is 18.2 Å². The van der Waals surface area contributed by atoms with Crippen LogP contribution in [0.25, 0.3) is 0 Å². The molecule has 19 heavy (non-hydrogen) atoms. The lowest BCUT2D eigenvalue weighted by Gasteiger charge is -2.22. The van der Waals surface area contributed by atoms with Gasteiger partial charge in [0.25, 0.3) is 0 Å². The molecular weight excluding hydrogens is 246 g/mol. The highest BCUT2D eigenvalue weighted by molar-refractivity contribution is 5.69. The van der Waals surface area contributed by atoms with Crippen LogP contribution in [0.5, 0.6) is 11.5 Å². The number of benzene rings is 1. The highest BCUT2D eigenvalue weighted by atomic mass is 16.5. The Morgan fingerprint density at radius 3 is 2.68 bits per heavy atom. The largest absolute Gasteiger partial charge is 0.504 e. The van der Waals surface area contributed by atoms with Crippen LogP contribution in [0.2, 0.25) is 0 Å². The first-order valence-corrected chi connectivity index (χ1v) is 6.29. The minimum absolute atomic E-state index is 0.105. The van der Waals surface area contributed by atoms with Crippen molar-refractivity contribution in [3.63, 3.8) is 0 Å². The molecule has 1 rings (SSSR count). The van der Waals surface area contributed by atoms with Crippen molar-refractivity contribution in [2.45, 2.75) is 20.4 Å². The minimum atomic E-state index is -0.790. The van der Waals surface area contributed by atoms with Gasteiger partial charge in [-0.1, -0.05) is 19.9 Å². The maximum absolute atomic E-state index is 10.9. The first-order valence-electron chi connectivity index (χ1n) is 6.29. The molecule has 1 atom stereocenters. The molecule has 5 heteroatoms. The number of carboxylic acids is 1. The summed E-state index contributed by atoms with van der Waals surface area (Å²) >= 11 is 0. The summed E-state index contributed by atoms with van der Waals surface area (Å²) in [5.74, 6) is -0.659. The van der Waals surface area contributed by atoms with Crippen molar-refractivity contribution < 1.29 is 19.7 Å². The molecule has 0 radical (unpaired) electrons. The van der Waals surface area contributed by atoms with Crippen molar-refractivity contribution in [2.24, 2.45) is 5.92 Å². The highest BCUT2D eigenvalue weighted by Crippen LogP contribution is 2.26. The fourth-order valence-electron chi connectivity index (χ4n) is 1.85. The standard InChI is InChI=1S/C14H21NO4/c1-4-15(8-10(2)14(17)18)9-11-5-6-12(16)13(7-11)19-3/h5-7,10,16H,4,8-9H2,1-3H3,(H,17,18). The van der Waals surface area contributed by atoms with E-state index >= 15 is 0 Å². The van der Waals surface area contributed by atoms with Crippen LogP contribution < -0.4 is 4.74 Å². The van der Waals surface area contributed by atoms with Gasteiger partial charge < -0.3 is 14.9 Å². The molecule has 0 aliphatic carbocycles. The van der Waals surface area contributed by atoms with Crippen LogP contribution >= 0.6 is 0 Å². The number of phenols is 1. The number of rotatable bonds is 7. The van der Waals surface area contributed by atoms with Gasteiger partial charge in [-0.3, -0.25) is 9.69 Å². The zero-order valence-electron chi connectivity index (χ0n) is 11.6. The average Bonchev–Trinajstić information content (AvgIpc) is 2.39. The predicted octanol–water partition coefficient (Wildman–Crippen LogP) is 1.94. The molecule has 1 aromatic carbocycles. The van der Waals surface area contributed by atoms with Crippen LogP contribution in [0, 0.1) is 5.92 Å². The van der Waals surface area contributed by atoms with E-state index in [1.807, 2.05) is 17.9 Å². The van der Waals surface area contributed by atoms with Gasteiger partial charge in [-0.2, -0.15) is 0 Å². The molecule has 0 aromatic heterocycles. The van der Waals surface area contributed by atoms with E-state index in [4.69, 9.17) is 9.84 Å². The quantitative estimate of drug-likeness (QED) is 0.790. The number of ether oxygens (including phenoxy) is 1. The molecule has 0 saturated carbocycles. The monoisotopic (exact) mass is 267 g/mol. The van der Waals surface area contributed by atoms with Crippen LogP contribution in [0.3, 0.4) is 0 Å². The Morgan fingerprint density at radius 1 is 1.47 bits per heavy atom. The van der Waals surface area contributed by atoms with Gasteiger partial charge in [0.05, 0.1) is 13.0 Å². The second-order valence-electron chi connectivity index (χ2n) is 4.57. The smallest absolute Gasteiger partial charge is 0.307 e. The van der Waals surface area contributed by atoms with Gasteiger partial charge in [-0.25, -0.2) is 0 Å². The van der Waals surface area contributed by atoms with Crippen LogP contribution in [-0.2, 0) is 11.3 Å². The lowest BCUT2D eigenvalue weighted by atomic mass is 10.1. The zero-order chi connectivity index (χ0) is 14.4. The Hall–Kier alpha value is -1.75. The van der Waals surface area contributed by atoms with Gasteiger partial charge in [-0.15, -0.1) is 0 Å². The summed E-state index contributed by atoms with van der Waals surface area (Å²) < 4.78 is 5.06. The average molecular weight is 267 g/mol. The van der Waals surface area contributed by atoms with Gasteiger partial charge >= 0.3 is 5.97 Å². The number of hydrogen-bond donors (Lipinski definition) is 2. The molecule has 1 unspecified atom stereocenters. The van der Waals surface area contributed by atoms with Gasteiger partial charge in [0.2, 0.25) is 0 Å². The van der Waals surface area contributed by atoms with Crippen molar-refractivity contribution in [2.75, 3.05) is 20.2 Å². The fourth-order valence-corrected chi connectivity index (χ4v) is 1.85. The number of nitrogens with zero attached hydrogens (tertiary/aromatic N) is 1. The molecule has 2 N–H and O–H groups in total. The van der Waals surface area contributed by atoms with Crippen molar-refractivity contribution in [3.05, 3.63) is 23.8 Å². The molecule has 0 spiro atoms. The third-order valence-electron chi connectivity index (χ3n) is 3.05. The second-order valence-corrected chi connectivity index (χ2v) is 4.57. The number of aliphatic carboxylic acids is 1. The molecule has 106 valence electrons. The van der Waals surface area contributed by atoms with Crippen molar-refractivity contribution >= 4 is 5.97 Å². The summed E-state index contributed by atoms with van der Waals surface area (Å²) in [4.78, 5) is 12.9. The first-order chi connectivity index (χ1) is 8.97. The predicted molar refractivity (Wildman–Crippen MR) is 72.4 cm³/mol. The number of hydrogen-bond acceptors (Lipinski definition) is 4. The summed E-state index contributed by atoms with van der Waals surface area (Å²) in [5.41, 5.74) is 0.981. The van der Waals surface area contributed by atoms with E-state index in [1.54, 1.807) is 19.1 Å². The zero-order valence-corrected chi connectivity index (χ0v) is 11.6. The van der Waals surface area contributed by atoms with Crippen molar-refractivity contribution in [3.8, 4) is 11.5 Å². The Morgan fingerprint density at radius 2 is 2.16 bits per heavy atom. The van der Waals surface area contributed by atoms with Gasteiger partial charge in [0.1, 0.15) is 0 Å².